The van der Waals surface area contributed by atoms with Crippen molar-refractivity contribution in [2.45, 2.75) is 0 Å². The molecule has 47 valence electrons. The molecule has 3 heteroatoms. The Hall–Kier alpha value is -1.09. The van der Waals surface area contributed by atoms with Crippen LogP contribution in [-0.4, -0.2) is 4.98 Å². The largest absolute Gasteiger partial charge is 0.308 e. The lowest BCUT2D eigenvalue weighted by molar-refractivity contribution is 1.21. The Morgan fingerprint density at radius 3 is 2.89 bits per heavy atom. The Morgan fingerprint density at radius 1 is 1.67 bits per heavy atom. The van der Waals surface area contributed by atoms with Crippen LogP contribution in [0.25, 0.3) is 0 Å². The molecule has 1 rings (SSSR count). The summed E-state index contributed by atoms with van der Waals surface area (Å²) in [5.74, 6) is 5.72. The highest BCUT2D eigenvalue weighted by atomic mass is 15.2. The van der Waals surface area contributed by atoms with Gasteiger partial charge in [0, 0.05) is 6.20 Å². The maximum absolute atomic E-state index is 5.10. The normalized spacial score (nSPS) is 9.11. The van der Waals surface area contributed by atoms with Gasteiger partial charge < -0.3 is 5.43 Å². The number of hydrogen-bond donors (Lipinski definition) is 2. The van der Waals surface area contributed by atoms with Crippen molar-refractivity contribution >= 4 is 5.82 Å². The minimum absolute atomic E-state index is 0.623. The smallest absolute Gasteiger partial charge is 0.143 e. The lowest BCUT2D eigenvalue weighted by Crippen LogP contribution is -2.09. The predicted molar refractivity (Wildman–Crippen MR) is 36.5 cm³/mol. The van der Waals surface area contributed by atoms with Crippen molar-refractivity contribution in [2.75, 3.05) is 5.43 Å². The number of anilines is 1. The van der Waals surface area contributed by atoms with Crippen LogP contribution < -0.4 is 11.3 Å². The van der Waals surface area contributed by atoms with Crippen molar-refractivity contribution in [1.82, 2.24) is 4.98 Å². The molecule has 0 spiro atoms. The Bertz CT molecular complexity index is 197. The van der Waals surface area contributed by atoms with Crippen molar-refractivity contribution in [1.29, 1.82) is 0 Å². The fourth-order valence-corrected chi connectivity index (χ4v) is 0.569. The van der Waals surface area contributed by atoms with Crippen LogP contribution in [0.1, 0.15) is 5.56 Å². The summed E-state index contributed by atoms with van der Waals surface area (Å²) in [4.78, 5) is 3.90. The molecule has 9 heavy (non-hydrogen) atoms. The van der Waals surface area contributed by atoms with E-state index in [4.69, 9.17) is 5.84 Å². The number of pyridine rings is 1. The molecule has 0 aromatic carbocycles. The molecule has 3 N–H and O–H groups in total. The van der Waals surface area contributed by atoms with Gasteiger partial charge in [0.25, 0.3) is 0 Å². The van der Waals surface area contributed by atoms with Crippen molar-refractivity contribution in [3.8, 4) is 0 Å². The zero-order chi connectivity index (χ0) is 6.69. The number of rotatable bonds is 1. The Balaban J connectivity index is 3.01. The van der Waals surface area contributed by atoms with Gasteiger partial charge in [-0.1, -0.05) is 6.07 Å². The first-order valence-electron chi connectivity index (χ1n) is 2.58. The van der Waals surface area contributed by atoms with E-state index in [1.54, 1.807) is 6.20 Å². The van der Waals surface area contributed by atoms with Crippen LogP contribution in [0.5, 0.6) is 0 Å². The van der Waals surface area contributed by atoms with E-state index in [1.807, 2.05) is 12.1 Å². The minimum atomic E-state index is 0.623. The molecule has 3 nitrogen and oxygen atoms in total. The molecule has 0 saturated heterocycles. The fourth-order valence-electron chi connectivity index (χ4n) is 0.569. The number of hydrazine groups is 1. The van der Waals surface area contributed by atoms with Gasteiger partial charge >= 0.3 is 0 Å². The quantitative estimate of drug-likeness (QED) is 0.422. The number of nitrogens with zero attached hydrogens (tertiary/aromatic N) is 1. The summed E-state index contributed by atoms with van der Waals surface area (Å²) in [6.45, 7) is 3.69. The van der Waals surface area contributed by atoms with Gasteiger partial charge in [0.15, 0.2) is 0 Å². The van der Waals surface area contributed by atoms with Crippen molar-refractivity contribution in [2.24, 2.45) is 5.84 Å². The van der Waals surface area contributed by atoms with Crippen LogP contribution in [0.4, 0.5) is 5.82 Å². The molecule has 1 aromatic rings. The number of nitrogens with two attached hydrogens (primary N) is 1. The van der Waals surface area contributed by atoms with Gasteiger partial charge in [-0.05, 0) is 18.6 Å². The molecule has 0 atom stereocenters. The fraction of sp³-hybridized carbons (Fsp3) is 0. The Morgan fingerprint density at radius 2 is 2.44 bits per heavy atom. The van der Waals surface area contributed by atoms with Crippen LogP contribution in [0.2, 0.25) is 0 Å². The first-order valence-corrected chi connectivity index (χ1v) is 2.58. The molecular weight excluding hydrogens is 114 g/mol. The maximum Gasteiger partial charge on any atom is 0.143 e. The lowest BCUT2D eigenvalue weighted by atomic mass is 10.3. The number of hydrogen-bond acceptors (Lipinski definition) is 3. The molecule has 0 amide bonds. The minimum Gasteiger partial charge on any atom is -0.308 e. The molecular formula is C6H8N3. The molecule has 1 heterocycles. The summed E-state index contributed by atoms with van der Waals surface area (Å²) in [6, 6.07) is 3.64. The Kier molecular flexibility index (Phi) is 1.65. The van der Waals surface area contributed by atoms with Crippen LogP contribution in [0.3, 0.4) is 0 Å². The number of nitrogen functional groups attached to an aromatic ring is 1. The molecule has 0 aliphatic rings. The first kappa shape index (κ1) is 6.04. The van der Waals surface area contributed by atoms with Crippen LogP contribution in [-0.2, 0) is 0 Å². The van der Waals surface area contributed by atoms with Crippen molar-refractivity contribution in [3.63, 3.8) is 0 Å². The summed E-state index contributed by atoms with van der Waals surface area (Å²) in [5, 5.41) is 0. The molecule has 0 aliphatic heterocycles. The number of aromatic nitrogens is 1. The van der Waals surface area contributed by atoms with Gasteiger partial charge in [-0.15, -0.1) is 0 Å². The standard InChI is InChI=1S/C6H8N3/c1-5-3-2-4-8-6(5)9-7/h2-4H,1,7H2,(H,8,9). The zero-order valence-electron chi connectivity index (χ0n) is 4.96. The monoisotopic (exact) mass is 122 g/mol. The second-order valence-corrected chi connectivity index (χ2v) is 1.66. The van der Waals surface area contributed by atoms with E-state index in [-0.39, 0.29) is 0 Å². The van der Waals surface area contributed by atoms with Gasteiger partial charge in [-0.25, -0.2) is 10.8 Å². The second-order valence-electron chi connectivity index (χ2n) is 1.66. The average molecular weight is 122 g/mol. The van der Waals surface area contributed by atoms with Gasteiger partial charge in [0.1, 0.15) is 5.82 Å². The summed E-state index contributed by atoms with van der Waals surface area (Å²) < 4.78 is 0. The van der Waals surface area contributed by atoms with Crippen molar-refractivity contribution in [3.05, 3.63) is 30.8 Å². The van der Waals surface area contributed by atoms with E-state index in [0.717, 1.165) is 5.56 Å². The summed E-state index contributed by atoms with van der Waals surface area (Å²) in [7, 11) is 0. The number of nitrogens with one attached hydrogen (secondary N) is 1. The maximum atomic E-state index is 5.10. The molecule has 1 aromatic heterocycles. The van der Waals surface area contributed by atoms with Crippen LogP contribution >= 0.6 is 0 Å². The van der Waals surface area contributed by atoms with Gasteiger partial charge in [0.05, 0.1) is 0 Å². The van der Waals surface area contributed by atoms with Crippen molar-refractivity contribution < 1.29 is 0 Å². The topological polar surface area (TPSA) is 50.9 Å². The third kappa shape index (κ3) is 1.17. The van der Waals surface area contributed by atoms with Crippen LogP contribution in [0, 0.1) is 6.92 Å². The van der Waals surface area contributed by atoms with E-state index in [2.05, 4.69) is 17.3 Å². The van der Waals surface area contributed by atoms with E-state index in [9.17, 15) is 0 Å². The molecule has 0 unspecified atom stereocenters. The van der Waals surface area contributed by atoms with E-state index < -0.39 is 0 Å². The summed E-state index contributed by atoms with van der Waals surface area (Å²) >= 11 is 0. The third-order valence-electron chi connectivity index (χ3n) is 1.03. The van der Waals surface area contributed by atoms with E-state index >= 15 is 0 Å². The lowest BCUT2D eigenvalue weighted by Gasteiger charge is -1.99. The summed E-state index contributed by atoms with van der Waals surface area (Å²) in [6.07, 6.45) is 1.66. The molecule has 1 radical (unpaired) electrons. The van der Waals surface area contributed by atoms with Crippen LogP contribution in [0.15, 0.2) is 18.3 Å². The van der Waals surface area contributed by atoms with Gasteiger partial charge in [-0.2, -0.15) is 0 Å². The molecule has 0 bridgehead atoms. The third-order valence-corrected chi connectivity index (χ3v) is 1.03. The second kappa shape index (κ2) is 2.46. The molecule has 0 aliphatic carbocycles. The van der Waals surface area contributed by atoms with Gasteiger partial charge in [-0.3, -0.25) is 0 Å². The predicted octanol–water partition coefficient (Wildman–Crippen LogP) is 0.549. The van der Waals surface area contributed by atoms with Gasteiger partial charge in [0.2, 0.25) is 0 Å². The highest BCUT2D eigenvalue weighted by molar-refractivity contribution is 5.43. The van der Waals surface area contributed by atoms with E-state index in [0.29, 0.717) is 5.82 Å². The Labute approximate surface area is 53.9 Å². The molecule has 0 fully saturated rings. The first-order chi connectivity index (χ1) is 4.34. The summed E-state index contributed by atoms with van der Waals surface area (Å²) in [5.41, 5.74) is 3.23. The highest BCUT2D eigenvalue weighted by Gasteiger charge is 1.91. The SMILES string of the molecule is [CH2]c1cccnc1NN. The molecule has 0 saturated carbocycles. The average Bonchev–Trinajstić information content (AvgIpc) is 1.89. The zero-order valence-corrected chi connectivity index (χ0v) is 4.96. The van der Waals surface area contributed by atoms with E-state index in [1.165, 1.54) is 0 Å². The highest BCUT2D eigenvalue weighted by Crippen LogP contribution is 2.05.